The van der Waals surface area contributed by atoms with Crippen LogP contribution in [0.1, 0.15) is 4.88 Å². The summed E-state index contributed by atoms with van der Waals surface area (Å²) >= 11 is 7.24. The molecule has 0 saturated heterocycles. The molecule has 0 aliphatic heterocycles. The van der Waals surface area contributed by atoms with Gasteiger partial charge in [-0.1, -0.05) is 29.8 Å². The topological polar surface area (TPSA) is 34.1 Å². The van der Waals surface area contributed by atoms with Gasteiger partial charge in [0.25, 0.3) is 0 Å². The normalized spacial score (nSPS) is 10.5. The molecule has 6 heteroatoms. The van der Waals surface area contributed by atoms with E-state index < -0.39 is 0 Å². The van der Waals surface area contributed by atoms with Gasteiger partial charge in [-0.25, -0.2) is 9.37 Å². The first-order valence-corrected chi connectivity index (χ1v) is 7.77. The summed E-state index contributed by atoms with van der Waals surface area (Å²) in [5.74, 6) is 0.751. The van der Waals surface area contributed by atoms with E-state index >= 15 is 0 Å². The molecule has 0 saturated carbocycles. The van der Waals surface area contributed by atoms with Gasteiger partial charge < -0.3 is 10.1 Å². The monoisotopic (exact) mass is 334 g/mol. The van der Waals surface area contributed by atoms with Crippen LogP contribution in [0.5, 0.6) is 11.5 Å². The average Bonchev–Trinajstić information content (AvgIpc) is 2.92. The molecule has 3 rings (SSSR count). The molecule has 1 aromatic heterocycles. The number of benzene rings is 2. The minimum atomic E-state index is -0.331. The van der Waals surface area contributed by atoms with Gasteiger partial charge in [-0.3, -0.25) is 0 Å². The lowest BCUT2D eigenvalue weighted by atomic mass is 10.2. The smallest absolute Gasteiger partial charge is 0.183 e. The fourth-order valence-electron chi connectivity index (χ4n) is 1.91. The van der Waals surface area contributed by atoms with Crippen LogP contribution >= 0.6 is 22.9 Å². The highest BCUT2D eigenvalue weighted by molar-refractivity contribution is 7.15. The number of ether oxygens (including phenoxy) is 1. The van der Waals surface area contributed by atoms with Crippen LogP contribution in [-0.2, 0) is 6.54 Å². The lowest BCUT2D eigenvalue weighted by Gasteiger charge is -2.12. The molecule has 3 aromatic rings. The summed E-state index contributed by atoms with van der Waals surface area (Å²) in [6.45, 7) is 0.591. The Morgan fingerprint density at radius 2 is 2.05 bits per heavy atom. The number of nitrogens with zero attached hydrogens (tertiary/aromatic N) is 1. The molecule has 22 heavy (non-hydrogen) atoms. The van der Waals surface area contributed by atoms with Crippen molar-refractivity contribution in [2.45, 2.75) is 6.54 Å². The second-order valence-electron chi connectivity index (χ2n) is 4.49. The molecule has 0 spiro atoms. The lowest BCUT2D eigenvalue weighted by Crippen LogP contribution is -1.99. The molecule has 0 unspecified atom stereocenters. The minimum absolute atomic E-state index is 0.331. The summed E-state index contributed by atoms with van der Waals surface area (Å²) in [6.07, 6.45) is 1.73. The van der Waals surface area contributed by atoms with Gasteiger partial charge in [0.2, 0.25) is 0 Å². The molecule has 0 amide bonds. The van der Waals surface area contributed by atoms with Crippen LogP contribution in [0.25, 0.3) is 0 Å². The zero-order chi connectivity index (χ0) is 15.4. The van der Waals surface area contributed by atoms with Crippen molar-refractivity contribution in [2.24, 2.45) is 0 Å². The molecule has 0 bridgehead atoms. The quantitative estimate of drug-likeness (QED) is 0.683. The maximum Gasteiger partial charge on any atom is 0.183 e. The third-order valence-electron chi connectivity index (χ3n) is 2.89. The Morgan fingerprint density at radius 1 is 1.18 bits per heavy atom. The molecule has 112 valence electrons. The van der Waals surface area contributed by atoms with Crippen LogP contribution in [-0.4, -0.2) is 4.98 Å². The zero-order valence-corrected chi connectivity index (χ0v) is 13.0. The molecule has 0 aliphatic carbocycles. The lowest BCUT2D eigenvalue weighted by molar-refractivity contribution is 0.478. The average molecular weight is 335 g/mol. The second kappa shape index (κ2) is 6.77. The van der Waals surface area contributed by atoms with Crippen LogP contribution in [0, 0.1) is 5.82 Å². The molecular weight excluding hydrogens is 323 g/mol. The summed E-state index contributed by atoms with van der Waals surface area (Å²) in [5, 5.41) is 3.27. The summed E-state index contributed by atoms with van der Waals surface area (Å²) in [7, 11) is 0. The standard InChI is InChI=1S/C16H12ClFN2OS/c17-16-20-10-13(22-16)9-19-14-6-1-2-7-15(14)21-12-5-3-4-11(18)8-12/h1-8,10,19H,9H2. The van der Waals surface area contributed by atoms with E-state index in [1.807, 2.05) is 24.3 Å². The van der Waals surface area contributed by atoms with Crippen LogP contribution in [0.2, 0.25) is 4.47 Å². The summed E-state index contributed by atoms with van der Waals surface area (Å²) < 4.78 is 19.5. The molecule has 0 atom stereocenters. The van der Waals surface area contributed by atoms with Crippen molar-refractivity contribution < 1.29 is 9.13 Å². The van der Waals surface area contributed by atoms with E-state index in [0.29, 0.717) is 22.5 Å². The highest BCUT2D eigenvalue weighted by Gasteiger charge is 2.06. The van der Waals surface area contributed by atoms with E-state index in [2.05, 4.69) is 10.3 Å². The van der Waals surface area contributed by atoms with Gasteiger partial charge >= 0.3 is 0 Å². The first kappa shape index (κ1) is 14.8. The Kier molecular flexibility index (Phi) is 4.56. The fourth-order valence-corrected chi connectivity index (χ4v) is 2.82. The van der Waals surface area contributed by atoms with E-state index in [-0.39, 0.29) is 5.82 Å². The predicted octanol–water partition coefficient (Wildman–Crippen LogP) is 5.34. The van der Waals surface area contributed by atoms with Gasteiger partial charge in [-0.05, 0) is 24.3 Å². The van der Waals surface area contributed by atoms with Crippen LogP contribution < -0.4 is 10.1 Å². The van der Waals surface area contributed by atoms with Gasteiger partial charge in [0.05, 0.1) is 12.2 Å². The third-order valence-corrected chi connectivity index (χ3v) is 4.00. The SMILES string of the molecule is Fc1cccc(Oc2ccccc2NCc2cnc(Cl)s2)c1. The molecule has 1 heterocycles. The molecular formula is C16H12ClFN2OS. The van der Waals surface area contributed by atoms with Crippen molar-refractivity contribution >= 4 is 28.6 Å². The number of aromatic nitrogens is 1. The van der Waals surface area contributed by atoms with Crippen LogP contribution in [0.3, 0.4) is 0 Å². The first-order chi connectivity index (χ1) is 10.7. The van der Waals surface area contributed by atoms with Crippen molar-refractivity contribution in [3.05, 3.63) is 69.9 Å². The Hall–Kier alpha value is -2.11. The fraction of sp³-hybridized carbons (Fsp3) is 0.0625. The van der Waals surface area contributed by atoms with E-state index in [4.69, 9.17) is 16.3 Å². The number of hydrogen-bond acceptors (Lipinski definition) is 4. The van der Waals surface area contributed by atoms with Crippen molar-refractivity contribution in [3.8, 4) is 11.5 Å². The zero-order valence-electron chi connectivity index (χ0n) is 11.4. The Morgan fingerprint density at radius 3 is 2.82 bits per heavy atom. The van der Waals surface area contributed by atoms with Crippen molar-refractivity contribution in [3.63, 3.8) is 0 Å². The predicted molar refractivity (Wildman–Crippen MR) is 87.4 cm³/mol. The first-order valence-electron chi connectivity index (χ1n) is 6.57. The molecule has 1 N–H and O–H groups in total. The number of thiazole rings is 1. The number of halogens is 2. The third kappa shape index (κ3) is 3.75. The van der Waals surface area contributed by atoms with Crippen molar-refractivity contribution in [1.29, 1.82) is 0 Å². The number of para-hydroxylation sites is 2. The highest BCUT2D eigenvalue weighted by Crippen LogP contribution is 2.30. The Bertz CT molecular complexity index is 778. The summed E-state index contributed by atoms with van der Waals surface area (Å²) in [4.78, 5) is 5.02. The Labute approximate surface area is 136 Å². The van der Waals surface area contributed by atoms with Gasteiger partial charge in [-0.2, -0.15) is 0 Å². The van der Waals surface area contributed by atoms with E-state index in [0.717, 1.165) is 10.6 Å². The van der Waals surface area contributed by atoms with Gasteiger partial charge in [0.1, 0.15) is 11.6 Å². The van der Waals surface area contributed by atoms with Crippen LogP contribution in [0.4, 0.5) is 10.1 Å². The molecule has 0 aliphatic rings. The van der Waals surface area contributed by atoms with E-state index in [1.54, 1.807) is 18.3 Å². The van der Waals surface area contributed by atoms with Gasteiger partial charge in [-0.15, -0.1) is 11.3 Å². The van der Waals surface area contributed by atoms with E-state index in [1.165, 1.54) is 23.5 Å². The van der Waals surface area contributed by atoms with Crippen molar-refractivity contribution in [1.82, 2.24) is 4.98 Å². The van der Waals surface area contributed by atoms with E-state index in [9.17, 15) is 4.39 Å². The van der Waals surface area contributed by atoms with Gasteiger partial charge in [0.15, 0.2) is 10.2 Å². The largest absolute Gasteiger partial charge is 0.455 e. The highest BCUT2D eigenvalue weighted by atomic mass is 35.5. The second-order valence-corrected chi connectivity index (χ2v) is 6.19. The van der Waals surface area contributed by atoms with Gasteiger partial charge in [0, 0.05) is 17.1 Å². The van der Waals surface area contributed by atoms with Crippen LogP contribution in [0.15, 0.2) is 54.7 Å². The molecule has 0 fully saturated rings. The maximum atomic E-state index is 13.2. The summed E-state index contributed by atoms with van der Waals surface area (Å²) in [5.41, 5.74) is 0.816. The number of anilines is 1. The molecule has 2 aromatic carbocycles. The maximum absolute atomic E-state index is 13.2. The summed E-state index contributed by atoms with van der Waals surface area (Å²) in [6, 6.07) is 13.5. The Balaban J connectivity index is 1.74. The minimum Gasteiger partial charge on any atom is -0.455 e. The number of rotatable bonds is 5. The number of nitrogens with one attached hydrogen (secondary N) is 1. The molecule has 3 nitrogen and oxygen atoms in total. The molecule has 0 radical (unpaired) electrons. The number of hydrogen-bond donors (Lipinski definition) is 1. The van der Waals surface area contributed by atoms with Crippen molar-refractivity contribution in [2.75, 3.05) is 5.32 Å².